The average Bonchev–Trinajstić information content (AvgIpc) is 2.15. The van der Waals surface area contributed by atoms with Crippen LogP contribution in [0.5, 0.6) is 0 Å². The molecule has 0 radical (unpaired) electrons. The van der Waals surface area contributed by atoms with Gasteiger partial charge in [-0.15, -0.1) is 0 Å². The monoisotopic (exact) mass is 261 g/mol. The van der Waals surface area contributed by atoms with Crippen molar-refractivity contribution in [3.63, 3.8) is 0 Å². The summed E-state index contributed by atoms with van der Waals surface area (Å²) < 4.78 is 5.85. The second-order valence-corrected chi connectivity index (χ2v) is 10.5. The van der Waals surface area contributed by atoms with Gasteiger partial charge in [-0.3, -0.25) is 0 Å². The fraction of sp³-hybridized carbons (Fsp3) is 0.818. The summed E-state index contributed by atoms with van der Waals surface area (Å²) in [5.74, 6) is -0.416. The van der Waals surface area contributed by atoms with Gasteiger partial charge in [0.15, 0.2) is 8.32 Å². The Bertz CT molecular complexity index is 273. The third-order valence-electron chi connectivity index (χ3n) is 3.17. The Morgan fingerprint density at radius 3 is 2.35 bits per heavy atom. The quantitative estimate of drug-likeness (QED) is 0.567. The van der Waals surface area contributed by atoms with Crippen molar-refractivity contribution in [3.05, 3.63) is 0 Å². The fourth-order valence-electron chi connectivity index (χ4n) is 0.897. The number of carbonyl (C=O) groups excluding carboxylic acids is 1. The SMILES string of the molecule is CC(C)(C)[Si](C)(C)OCC(C=O)CNC(=O)O. The Balaban J connectivity index is 4.23. The summed E-state index contributed by atoms with van der Waals surface area (Å²) in [6, 6.07) is 0. The van der Waals surface area contributed by atoms with Gasteiger partial charge in [0.2, 0.25) is 0 Å². The third-order valence-corrected chi connectivity index (χ3v) is 7.67. The molecule has 0 saturated heterocycles. The summed E-state index contributed by atoms with van der Waals surface area (Å²) in [6.45, 7) is 10.9. The first kappa shape index (κ1) is 16.1. The van der Waals surface area contributed by atoms with Crippen LogP contribution in [0.25, 0.3) is 0 Å². The van der Waals surface area contributed by atoms with E-state index in [0.717, 1.165) is 6.29 Å². The molecule has 1 amide bonds. The van der Waals surface area contributed by atoms with E-state index in [-0.39, 0.29) is 18.2 Å². The van der Waals surface area contributed by atoms with E-state index >= 15 is 0 Å². The van der Waals surface area contributed by atoms with Crippen molar-refractivity contribution >= 4 is 20.7 Å². The second-order valence-electron chi connectivity index (χ2n) is 5.65. The topological polar surface area (TPSA) is 75.6 Å². The molecule has 1 atom stereocenters. The van der Waals surface area contributed by atoms with Crippen molar-refractivity contribution in [1.29, 1.82) is 0 Å². The van der Waals surface area contributed by atoms with Crippen molar-refractivity contribution in [2.75, 3.05) is 13.2 Å². The molecule has 0 rings (SSSR count). The molecule has 6 heteroatoms. The van der Waals surface area contributed by atoms with Crippen molar-refractivity contribution in [1.82, 2.24) is 5.32 Å². The Kier molecular flexibility index (Phi) is 5.84. The van der Waals surface area contributed by atoms with Crippen LogP contribution in [0.4, 0.5) is 4.79 Å². The highest BCUT2D eigenvalue weighted by atomic mass is 28.4. The van der Waals surface area contributed by atoms with E-state index in [1.165, 1.54) is 0 Å². The second kappa shape index (κ2) is 6.16. The summed E-state index contributed by atoms with van der Waals surface area (Å²) in [6.07, 6.45) is -0.382. The van der Waals surface area contributed by atoms with Gasteiger partial charge in [0.25, 0.3) is 0 Å². The summed E-state index contributed by atoms with van der Waals surface area (Å²) in [7, 11) is -1.87. The lowest BCUT2D eigenvalue weighted by molar-refractivity contribution is -0.111. The zero-order chi connectivity index (χ0) is 13.7. The molecule has 0 aromatic carbocycles. The largest absolute Gasteiger partial charge is 0.465 e. The van der Waals surface area contributed by atoms with Crippen LogP contribution in [-0.4, -0.2) is 39.0 Å². The number of amides is 1. The van der Waals surface area contributed by atoms with E-state index < -0.39 is 20.3 Å². The molecule has 0 aliphatic heterocycles. The van der Waals surface area contributed by atoms with Gasteiger partial charge in [-0.05, 0) is 18.1 Å². The van der Waals surface area contributed by atoms with Crippen molar-refractivity contribution in [2.24, 2.45) is 5.92 Å². The minimum atomic E-state index is -1.87. The van der Waals surface area contributed by atoms with Crippen LogP contribution in [0.15, 0.2) is 0 Å². The highest BCUT2D eigenvalue weighted by Gasteiger charge is 2.37. The van der Waals surface area contributed by atoms with Gasteiger partial charge in [0.1, 0.15) is 6.29 Å². The summed E-state index contributed by atoms with van der Waals surface area (Å²) >= 11 is 0. The van der Waals surface area contributed by atoms with Crippen molar-refractivity contribution in [2.45, 2.75) is 38.9 Å². The van der Waals surface area contributed by atoms with Gasteiger partial charge < -0.3 is 19.6 Å². The molecule has 0 aliphatic rings. The summed E-state index contributed by atoms with van der Waals surface area (Å²) in [4.78, 5) is 21.1. The third kappa shape index (κ3) is 5.83. The molecule has 2 N–H and O–H groups in total. The maximum atomic E-state index is 10.8. The van der Waals surface area contributed by atoms with Crippen LogP contribution < -0.4 is 5.32 Å². The van der Waals surface area contributed by atoms with Gasteiger partial charge in [0.05, 0.1) is 5.92 Å². The molecule has 0 saturated carbocycles. The van der Waals surface area contributed by atoms with Crippen LogP contribution in [0.2, 0.25) is 18.1 Å². The minimum Gasteiger partial charge on any atom is -0.465 e. The summed E-state index contributed by atoms with van der Waals surface area (Å²) in [5, 5.41) is 10.7. The lowest BCUT2D eigenvalue weighted by Crippen LogP contribution is -2.43. The van der Waals surface area contributed by atoms with Gasteiger partial charge in [0, 0.05) is 13.2 Å². The predicted octanol–water partition coefficient (Wildman–Crippen LogP) is 2.09. The Morgan fingerprint density at radius 1 is 1.47 bits per heavy atom. The first-order valence-corrected chi connectivity index (χ1v) is 8.57. The predicted molar refractivity (Wildman–Crippen MR) is 68.7 cm³/mol. The van der Waals surface area contributed by atoms with E-state index in [1.807, 2.05) is 0 Å². The minimum absolute atomic E-state index is 0.0840. The van der Waals surface area contributed by atoms with Crippen LogP contribution in [0, 0.1) is 5.92 Å². The molecule has 0 bridgehead atoms. The van der Waals surface area contributed by atoms with Gasteiger partial charge in [-0.25, -0.2) is 4.79 Å². The van der Waals surface area contributed by atoms with Crippen molar-refractivity contribution in [3.8, 4) is 0 Å². The fourth-order valence-corrected chi connectivity index (χ4v) is 1.96. The molecule has 0 aromatic heterocycles. The highest BCUT2D eigenvalue weighted by Crippen LogP contribution is 2.36. The molecule has 5 nitrogen and oxygen atoms in total. The van der Waals surface area contributed by atoms with Gasteiger partial charge in [-0.2, -0.15) is 0 Å². The normalized spacial score (nSPS) is 14.2. The van der Waals surface area contributed by atoms with Crippen LogP contribution in [0.1, 0.15) is 20.8 Å². The number of carbonyl (C=O) groups is 2. The lowest BCUT2D eigenvalue weighted by atomic mass is 10.2. The average molecular weight is 261 g/mol. The van der Waals surface area contributed by atoms with Gasteiger partial charge in [-0.1, -0.05) is 20.8 Å². The maximum Gasteiger partial charge on any atom is 0.404 e. The number of rotatable bonds is 6. The number of carboxylic acid groups (broad SMARTS) is 1. The number of nitrogens with one attached hydrogen (secondary N) is 1. The molecule has 0 heterocycles. The molecule has 0 aromatic rings. The zero-order valence-electron chi connectivity index (χ0n) is 11.2. The Labute approximate surface area is 104 Å². The maximum absolute atomic E-state index is 10.8. The smallest absolute Gasteiger partial charge is 0.404 e. The molecule has 17 heavy (non-hydrogen) atoms. The molecular weight excluding hydrogens is 238 g/mol. The highest BCUT2D eigenvalue weighted by molar-refractivity contribution is 6.74. The molecule has 0 fully saturated rings. The molecule has 1 unspecified atom stereocenters. The number of hydrogen-bond donors (Lipinski definition) is 2. The van der Waals surface area contributed by atoms with Crippen LogP contribution in [0.3, 0.4) is 0 Å². The van der Waals surface area contributed by atoms with E-state index in [2.05, 4.69) is 39.2 Å². The molecular formula is C11H23NO4Si. The Morgan fingerprint density at radius 2 is 2.00 bits per heavy atom. The first-order valence-electron chi connectivity index (χ1n) is 5.66. The van der Waals surface area contributed by atoms with E-state index in [9.17, 15) is 9.59 Å². The first-order chi connectivity index (χ1) is 7.60. The van der Waals surface area contributed by atoms with E-state index in [1.54, 1.807) is 0 Å². The number of hydrogen-bond acceptors (Lipinski definition) is 3. The van der Waals surface area contributed by atoms with E-state index in [4.69, 9.17) is 9.53 Å². The van der Waals surface area contributed by atoms with Crippen LogP contribution >= 0.6 is 0 Å². The Hall–Kier alpha value is -0.883. The zero-order valence-corrected chi connectivity index (χ0v) is 12.2. The summed E-state index contributed by atoms with van der Waals surface area (Å²) in [5.41, 5.74) is 0. The lowest BCUT2D eigenvalue weighted by Gasteiger charge is -2.36. The molecule has 0 aliphatic carbocycles. The standard InChI is InChI=1S/C11H23NO4Si/c1-11(2,3)17(4,5)16-8-9(7-13)6-12-10(14)15/h7,9,12H,6,8H2,1-5H3,(H,14,15). The molecule has 0 spiro atoms. The van der Waals surface area contributed by atoms with Gasteiger partial charge >= 0.3 is 6.09 Å². The van der Waals surface area contributed by atoms with Crippen molar-refractivity contribution < 1.29 is 19.1 Å². The van der Waals surface area contributed by atoms with E-state index in [0.29, 0.717) is 0 Å². The number of aldehydes is 1. The van der Waals surface area contributed by atoms with Crippen LogP contribution in [-0.2, 0) is 9.22 Å². The molecule has 100 valence electrons.